The molecule has 6 heteroatoms. The summed E-state index contributed by atoms with van der Waals surface area (Å²) in [6.45, 7) is 0. The van der Waals surface area contributed by atoms with Gasteiger partial charge >= 0.3 is 0 Å². The SMILES string of the molecule is COc1ccc([C@H](N)C(F)F)cc1OC.Cl. The Balaban J connectivity index is 0.00000225. The molecule has 0 aromatic heterocycles. The molecule has 0 amide bonds. The first-order valence-electron chi connectivity index (χ1n) is 4.35. The molecule has 0 aliphatic heterocycles. The van der Waals surface area contributed by atoms with Crippen molar-refractivity contribution < 1.29 is 18.3 Å². The maximum absolute atomic E-state index is 12.3. The molecule has 0 aliphatic rings. The second-order valence-corrected chi connectivity index (χ2v) is 2.97. The summed E-state index contributed by atoms with van der Waals surface area (Å²) >= 11 is 0. The predicted octanol–water partition coefficient (Wildman–Crippen LogP) is 2.39. The molecule has 0 heterocycles. The van der Waals surface area contributed by atoms with Crippen LogP contribution in [0.3, 0.4) is 0 Å². The highest BCUT2D eigenvalue weighted by Crippen LogP contribution is 2.30. The van der Waals surface area contributed by atoms with Gasteiger partial charge in [-0.2, -0.15) is 0 Å². The fourth-order valence-corrected chi connectivity index (χ4v) is 1.21. The van der Waals surface area contributed by atoms with Crippen LogP contribution in [0.1, 0.15) is 11.6 Å². The standard InChI is InChI=1S/C10H13F2NO2.ClH/c1-14-7-4-3-6(5-8(7)15-2)9(13)10(11)12;/h3-5,9-10H,13H2,1-2H3;1H/t9-;/m0./s1. The van der Waals surface area contributed by atoms with Crippen molar-refractivity contribution in [3.63, 3.8) is 0 Å². The van der Waals surface area contributed by atoms with E-state index in [0.29, 0.717) is 17.1 Å². The fourth-order valence-electron chi connectivity index (χ4n) is 1.21. The molecule has 0 radical (unpaired) electrons. The first kappa shape index (κ1) is 14.9. The molecular weight excluding hydrogens is 240 g/mol. The Morgan fingerprint density at radius 1 is 1.12 bits per heavy atom. The molecule has 0 saturated carbocycles. The number of hydrogen-bond acceptors (Lipinski definition) is 3. The summed E-state index contributed by atoms with van der Waals surface area (Å²) in [6, 6.07) is 3.20. The average Bonchev–Trinajstić information content (AvgIpc) is 2.26. The monoisotopic (exact) mass is 253 g/mol. The molecule has 0 aliphatic carbocycles. The average molecular weight is 254 g/mol. The highest BCUT2D eigenvalue weighted by molar-refractivity contribution is 5.85. The Hall–Kier alpha value is -1.07. The van der Waals surface area contributed by atoms with Crippen LogP contribution in [0, 0.1) is 0 Å². The topological polar surface area (TPSA) is 44.5 Å². The van der Waals surface area contributed by atoms with Gasteiger partial charge in [-0.15, -0.1) is 12.4 Å². The highest BCUT2D eigenvalue weighted by atomic mass is 35.5. The van der Waals surface area contributed by atoms with Crippen LogP contribution in [-0.4, -0.2) is 20.6 Å². The molecule has 92 valence electrons. The van der Waals surface area contributed by atoms with E-state index in [4.69, 9.17) is 15.2 Å². The molecule has 0 saturated heterocycles. The summed E-state index contributed by atoms with van der Waals surface area (Å²) in [5.74, 6) is 0.883. The second kappa shape index (κ2) is 6.50. The molecule has 0 spiro atoms. The minimum Gasteiger partial charge on any atom is -0.493 e. The van der Waals surface area contributed by atoms with Gasteiger partial charge in [0.1, 0.15) is 0 Å². The van der Waals surface area contributed by atoms with Crippen LogP contribution in [0.25, 0.3) is 0 Å². The van der Waals surface area contributed by atoms with Crippen molar-refractivity contribution in [2.45, 2.75) is 12.5 Å². The molecule has 1 aromatic carbocycles. The van der Waals surface area contributed by atoms with Gasteiger partial charge in [-0.1, -0.05) is 6.07 Å². The van der Waals surface area contributed by atoms with Gasteiger partial charge in [0.2, 0.25) is 0 Å². The molecule has 1 aromatic rings. The minimum absolute atomic E-state index is 0. The first-order valence-corrected chi connectivity index (χ1v) is 4.35. The lowest BCUT2D eigenvalue weighted by Crippen LogP contribution is -2.18. The summed E-state index contributed by atoms with van der Waals surface area (Å²) in [6.07, 6.45) is -2.59. The smallest absolute Gasteiger partial charge is 0.257 e. The van der Waals surface area contributed by atoms with E-state index in [9.17, 15) is 8.78 Å². The summed E-state index contributed by atoms with van der Waals surface area (Å²) in [5.41, 5.74) is 5.63. The quantitative estimate of drug-likeness (QED) is 0.896. The van der Waals surface area contributed by atoms with E-state index in [1.54, 1.807) is 6.07 Å². The molecule has 0 fully saturated rings. The molecular formula is C10H14ClF2NO2. The zero-order valence-electron chi connectivity index (χ0n) is 8.94. The van der Waals surface area contributed by atoms with E-state index in [-0.39, 0.29) is 12.4 Å². The van der Waals surface area contributed by atoms with E-state index in [0.717, 1.165) is 0 Å². The Morgan fingerprint density at radius 2 is 1.69 bits per heavy atom. The molecule has 0 bridgehead atoms. The van der Waals surface area contributed by atoms with Crippen molar-refractivity contribution >= 4 is 12.4 Å². The van der Waals surface area contributed by atoms with Gasteiger partial charge in [0.05, 0.1) is 20.3 Å². The zero-order valence-corrected chi connectivity index (χ0v) is 9.76. The third kappa shape index (κ3) is 3.21. The van der Waals surface area contributed by atoms with Gasteiger partial charge in [0, 0.05) is 0 Å². The molecule has 16 heavy (non-hydrogen) atoms. The van der Waals surface area contributed by atoms with Crippen molar-refractivity contribution in [2.75, 3.05) is 14.2 Å². The Labute approximate surface area is 98.9 Å². The zero-order chi connectivity index (χ0) is 11.4. The van der Waals surface area contributed by atoms with E-state index in [2.05, 4.69) is 0 Å². The Bertz CT molecular complexity index is 337. The van der Waals surface area contributed by atoms with E-state index in [1.165, 1.54) is 26.4 Å². The summed E-state index contributed by atoms with van der Waals surface area (Å²) in [7, 11) is 2.92. The number of ether oxygens (including phenoxy) is 2. The van der Waals surface area contributed by atoms with E-state index < -0.39 is 12.5 Å². The third-order valence-electron chi connectivity index (χ3n) is 2.06. The van der Waals surface area contributed by atoms with Crippen LogP contribution in [0.15, 0.2) is 18.2 Å². The summed E-state index contributed by atoms with van der Waals surface area (Å²) < 4.78 is 34.6. The number of hydrogen-bond donors (Lipinski definition) is 1. The molecule has 3 nitrogen and oxygen atoms in total. The summed E-state index contributed by atoms with van der Waals surface area (Å²) in [5, 5.41) is 0. The van der Waals surface area contributed by atoms with Crippen molar-refractivity contribution in [2.24, 2.45) is 5.73 Å². The molecule has 2 N–H and O–H groups in total. The molecule has 1 atom stereocenters. The third-order valence-corrected chi connectivity index (χ3v) is 2.06. The van der Waals surface area contributed by atoms with Gasteiger partial charge in [-0.3, -0.25) is 0 Å². The number of benzene rings is 1. The lowest BCUT2D eigenvalue weighted by Gasteiger charge is -2.13. The Morgan fingerprint density at radius 3 is 2.12 bits per heavy atom. The minimum atomic E-state index is -2.59. The normalized spacial score (nSPS) is 11.9. The van der Waals surface area contributed by atoms with Gasteiger partial charge < -0.3 is 15.2 Å². The van der Waals surface area contributed by atoms with Gasteiger partial charge in [0.25, 0.3) is 6.43 Å². The molecule has 0 unspecified atom stereocenters. The largest absolute Gasteiger partial charge is 0.493 e. The van der Waals surface area contributed by atoms with Crippen LogP contribution >= 0.6 is 12.4 Å². The van der Waals surface area contributed by atoms with Gasteiger partial charge in [-0.05, 0) is 17.7 Å². The van der Waals surface area contributed by atoms with Crippen LogP contribution in [0.5, 0.6) is 11.5 Å². The van der Waals surface area contributed by atoms with Crippen LogP contribution in [0.4, 0.5) is 8.78 Å². The molecule has 1 rings (SSSR count). The van der Waals surface area contributed by atoms with Crippen molar-refractivity contribution in [1.82, 2.24) is 0 Å². The maximum Gasteiger partial charge on any atom is 0.257 e. The van der Waals surface area contributed by atoms with Gasteiger partial charge in [-0.25, -0.2) is 8.78 Å². The fraction of sp³-hybridized carbons (Fsp3) is 0.400. The maximum atomic E-state index is 12.3. The number of alkyl halides is 2. The number of methoxy groups -OCH3 is 2. The number of rotatable bonds is 4. The van der Waals surface area contributed by atoms with Crippen LogP contribution in [0.2, 0.25) is 0 Å². The number of halogens is 3. The predicted molar refractivity (Wildman–Crippen MR) is 59.7 cm³/mol. The second-order valence-electron chi connectivity index (χ2n) is 2.97. The van der Waals surface area contributed by atoms with Crippen LogP contribution in [-0.2, 0) is 0 Å². The van der Waals surface area contributed by atoms with E-state index in [1.807, 2.05) is 0 Å². The van der Waals surface area contributed by atoms with Crippen LogP contribution < -0.4 is 15.2 Å². The lowest BCUT2D eigenvalue weighted by molar-refractivity contribution is 0.116. The van der Waals surface area contributed by atoms with Crippen molar-refractivity contribution in [1.29, 1.82) is 0 Å². The van der Waals surface area contributed by atoms with E-state index >= 15 is 0 Å². The lowest BCUT2D eigenvalue weighted by atomic mass is 10.1. The summed E-state index contributed by atoms with van der Waals surface area (Å²) in [4.78, 5) is 0. The van der Waals surface area contributed by atoms with Crippen molar-refractivity contribution in [3.05, 3.63) is 23.8 Å². The number of nitrogens with two attached hydrogens (primary N) is 1. The highest BCUT2D eigenvalue weighted by Gasteiger charge is 2.18. The van der Waals surface area contributed by atoms with Crippen molar-refractivity contribution in [3.8, 4) is 11.5 Å². The first-order chi connectivity index (χ1) is 7.10. The Kier molecular flexibility index (Phi) is 6.06. The van der Waals surface area contributed by atoms with Gasteiger partial charge in [0.15, 0.2) is 11.5 Å².